The summed E-state index contributed by atoms with van der Waals surface area (Å²) in [5, 5.41) is 0. The maximum atomic E-state index is 14.3. The number of likely N-dealkylation sites (tertiary alicyclic amines) is 1. The molecule has 0 aliphatic carbocycles. The molecule has 0 N–H and O–H groups in total. The molecule has 14 heteroatoms. The van der Waals surface area contributed by atoms with E-state index in [1.807, 2.05) is 0 Å². The molecule has 0 aromatic heterocycles. The quantitative estimate of drug-likeness (QED) is 0.325. The third-order valence-electron chi connectivity index (χ3n) is 7.89. The summed E-state index contributed by atoms with van der Waals surface area (Å²) >= 11 is 0. The van der Waals surface area contributed by atoms with Gasteiger partial charge in [-0.1, -0.05) is 18.2 Å². The van der Waals surface area contributed by atoms with Gasteiger partial charge < -0.3 is 14.4 Å². The molecule has 0 radical (unpaired) electrons. The van der Waals surface area contributed by atoms with E-state index in [1.54, 1.807) is 11.0 Å². The monoisotopic (exact) mass is 626 g/mol. The van der Waals surface area contributed by atoms with Crippen molar-refractivity contribution < 1.29 is 49.0 Å². The maximum absolute atomic E-state index is 14.3. The van der Waals surface area contributed by atoms with Gasteiger partial charge in [-0.2, -0.15) is 22.0 Å². The van der Waals surface area contributed by atoms with Crippen LogP contribution in [0.2, 0.25) is 0 Å². The fourth-order valence-electron chi connectivity index (χ4n) is 5.83. The van der Waals surface area contributed by atoms with Crippen molar-refractivity contribution in [2.45, 2.75) is 36.6 Å². The van der Waals surface area contributed by atoms with Gasteiger partial charge in [-0.3, -0.25) is 9.10 Å². The molecule has 3 aromatic carbocycles. The van der Waals surface area contributed by atoms with Crippen LogP contribution in [0.4, 0.5) is 32.0 Å². The Morgan fingerprint density at radius 2 is 1.77 bits per heavy atom. The number of carbonyl (C=O) groups is 1. The van der Waals surface area contributed by atoms with Gasteiger partial charge in [0, 0.05) is 25.6 Å². The van der Waals surface area contributed by atoms with Crippen molar-refractivity contribution >= 4 is 21.6 Å². The zero-order chi connectivity index (χ0) is 30.7. The minimum Gasteiger partial charge on any atom is -0.435 e. The first-order valence-corrected chi connectivity index (χ1v) is 14.6. The summed E-state index contributed by atoms with van der Waals surface area (Å²) in [4.78, 5) is 14.2. The Bertz CT molecular complexity index is 1680. The van der Waals surface area contributed by atoms with Gasteiger partial charge in [-0.15, -0.1) is 0 Å². The number of nitrogens with zero attached hydrogens (tertiary/aromatic N) is 2. The summed E-state index contributed by atoms with van der Waals surface area (Å²) in [5.74, 6) is -1.64. The lowest BCUT2D eigenvalue weighted by atomic mass is 9.78. The highest BCUT2D eigenvalue weighted by molar-refractivity contribution is 7.92. The molecule has 0 bridgehead atoms. The average molecular weight is 627 g/mol. The molecule has 1 spiro atoms. The normalized spacial score (nSPS) is 19.3. The summed E-state index contributed by atoms with van der Waals surface area (Å²) in [7, 11) is -4.65. The number of rotatable bonds is 7. The lowest BCUT2D eigenvalue weighted by Crippen LogP contribution is -2.67. The lowest BCUT2D eigenvalue weighted by molar-refractivity contribution is -0.195. The second-order valence-electron chi connectivity index (χ2n) is 11.0. The number of amides is 1. The molecular formula is C29H24F6N2O5S. The molecule has 2 fully saturated rings. The summed E-state index contributed by atoms with van der Waals surface area (Å²) < 4.78 is 119. The van der Waals surface area contributed by atoms with E-state index in [9.17, 15) is 39.6 Å². The number of ether oxygens (including phenoxy) is 2. The fourth-order valence-corrected chi connectivity index (χ4v) is 7.55. The van der Waals surface area contributed by atoms with E-state index in [0.717, 1.165) is 40.7 Å². The molecule has 1 unspecified atom stereocenters. The number of alkyl halides is 5. The van der Waals surface area contributed by atoms with Crippen LogP contribution in [0.5, 0.6) is 5.75 Å². The Labute approximate surface area is 242 Å². The molecule has 43 heavy (non-hydrogen) atoms. The van der Waals surface area contributed by atoms with Crippen molar-refractivity contribution in [1.29, 1.82) is 0 Å². The van der Waals surface area contributed by atoms with Crippen LogP contribution in [0.15, 0.2) is 65.6 Å². The van der Waals surface area contributed by atoms with Gasteiger partial charge in [0.05, 0.1) is 40.8 Å². The number of fused-ring (bicyclic) bond motifs is 1. The molecular weight excluding hydrogens is 602 g/mol. The van der Waals surface area contributed by atoms with E-state index >= 15 is 0 Å². The Kier molecular flexibility index (Phi) is 7.11. The predicted molar refractivity (Wildman–Crippen MR) is 142 cm³/mol. The summed E-state index contributed by atoms with van der Waals surface area (Å²) in [5.41, 5.74) is -0.323. The Balaban J connectivity index is 1.38. The van der Waals surface area contributed by atoms with Gasteiger partial charge in [-0.05, 0) is 59.5 Å². The zero-order valence-corrected chi connectivity index (χ0v) is 23.1. The molecule has 1 atom stereocenters. The smallest absolute Gasteiger partial charge is 0.416 e. The number of anilines is 1. The average Bonchev–Trinajstić information content (AvgIpc) is 3.23. The highest BCUT2D eigenvalue weighted by Crippen LogP contribution is 2.43. The topological polar surface area (TPSA) is 76.2 Å². The molecule has 3 heterocycles. The van der Waals surface area contributed by atoms with E-state index in [4.69, 9.17) is 4.74 Å². The number of benzene rings is 3. The molecule has 3 aromatic rings. The number of carbonyl (C=O) groups excluding carboxylic acids is 1. The van der Waals surface area contributed by atoms with Crippen molar-refractivity contribution in [3.05, 3.63) is 77.6 Å². The number of hydrogen-bond acceptors (Lipinski definition) is 5. The minimum atomic E-state index is -4.80. The minimum absolute atomic E-state index is 0.0785. The van der Waals surface area contributed by atoms with Gasteiger partial charge >= 0.3 is 12.8 Å². The zero-order valence-electron chi connectivity index (χ0n) is 22.3. The second-order valence-corrected chi connectivity index (χ2v) is 12.8. The predicted octanol–water partition coefficient (Wildman–Crippen LogP) is 5.48. The molecule has 6 rings (SSSR count). The number of hydrogen-bond donors (Lipinski definition) is 0. The highest BCUT2D eigenvalue weighted by atomic mass is 32.2. The Morgan fingerprint density at radius 1 is 1.02 bits per heavy atom. The number of halogens is 6. The summed E-state index contributed by atoms with van der Waals surface area (Å²) in [6.07, 6.45) is -4.94. The largest absolute Gasteiger partial charge is 0.435 e. The van der Waals surface area contributed by atoms with E-state index in [0.29, 0.717) is 37.9 Å². The van der Waals surface area contributed by atoms with E-state index < -0.39 is 50.9 Å². The molecule has 228 valence electrons. The van der Waals surface area contributed by atoms with Crippen LogP contribution >= 0.6 is 0 Å². The second kappa shape index (κ2) is 10.4. The first kappa shape index (κ1) is 29.3. The van der Waals surface area contributed by atoms with Crippen molar-refractivity contribution in [1.82, 2.24) is 4.90 Å². The third-order valence-corrected chi connectivity index (χ3v) is 9.75. The molecule has 1 amide bonds. The Morgan fingerprint density at radius 3 is 2.42 bits per heavy atom. The van der Waals surface area contributed by atoms with Crippen molar-refractivity contribution in [3.8, 4) is 16.9 Å². The summed E-state index contributed by atoms with van der Waals surface area (Å²) in [6.45, 7) is -1.19. The number of sulfonamides is 1. The van der Waals surface area contributed by atoms with Gasteiger partial charge in [0.1, 0.15) is 11.6 Å². The molecule has 2 saturated heterocycles. The van der Waals surface area contributed by atoms with Crippen LogP contribution in [0.1, 0.15) is 17.5 Å². The van der Waals surface area contributed by atoms with Gasteiger partial charge in [-0.25, -0.2) is 12.8 Å². The SMILES string of the molecule is O=C(CC1Cc2ccc(-c3cc(F)cc(OC(F)F)c3)cc2N1S(=O)(=O)c1cccc(C(F)(F)F)c1)N1CC2(COC2)C1. The first-order chi connectivity index (χ1) is 20.2. The lowest BCUT2D eigenvalue weighted by Gasteiger charge is -2.55. The van der Waals surface area contributed by atoms with Gasteiger partial charge in [0.2, 0.25) is 5.91 Å². The van der Waals surface area contributed by atoms with E-state index in [2.05, 4.69) is 4.74 Å². The maximum Gasteiger partial charge on any atom is 0.416 e. The van der Waals surface area contributed by atoms with Crippen LogP contribution in [0.3, 0.4) is 0 Å². The van der Waals surface area contributed by atoms with Crippen LogP contribution in [-0.2, 0) is 32.2 Å². The van der Waals surface area contributed by atoms with Crippen LogP contribution < -0.4 is 9.04 Å². The fraction of sp³-hybridized carbons (Fsp3) is 0.345. The van der Waals surface area contributed by atoms with Crippen molar-refractivity contribution in [2.24, 2.45) is 5.41 Å². The third kappa shape index (κ3) is 5.53. The van der Waals surface area contributed by atoms with Crippen LogP contribution in [-0.4, -0.2) is 58.2 Å². The standard InChI is InChI=1S/C29H24F6N2O5S/c30-21-6-19(8-23(11-21)42-27(31)32)17-4-5-18-7-22(12-26(38)36-13-28(14-36)15-41-16-28)37(25(18)9-17)43(39,40)24-3-1-2-20(10-24)29(33,34)35/h1-6,8-11,22,27H,7,12-16H2. The van der Waals surface area contributed by atoms with Crippen molar-refractivity contribution in [2.75, 3.05) is 30.6 Å². The van der Waals surface area contributed by atoms with Crippen molar-refractivity contribution in [3.63, 3.8) is 0 Å². The molecule has 3 aliphatic rings. The highest BCUT2D eigenvalue weighted by Gasteiger charge is 2.51. The molecule has 3 aliphatic heterocycles. The van der Waals surface area contributed by atoms with Gasteiger partial charge in [0.25, 0.3) is 10.0 Å². The summed E-state index contributed by atoms with van der Waals surface area (Å²) in [6, 6.07) is 9.81. The Hall–Kier alpha value is -3.78. The molecule has 7 nitrogen and oxygen atoms in total. The van der Waals surface area contributed by atoms with Gasteiger partial charge in [0.15, 0.2) is 0 Å². The van der Waals surface area contributed by atoms with Crippen LogP contribution in [0.25, 0.3) is 11.1 Å². The first-order valence-electron chi connectivity index (χ1n) is 13.2. The van der Waals surface area contributed by atoms with E-state index in [-0.39, 0.29) is 41.0 Å². The van der Waals surface area contributed by atoms with E-state index in [1.165, 1.54) is 12.1 Å². The molecule has 0 saturated carbocycles. The van der Waals surface area contributed by atoms with Crippen LogP contribution in [0, 0.1) is 11.2 Å².